The minimum Gasteiger partial charge on any atom is -0.326 e. The van der Waals surface area contributed by atoms with E-state index in [1.165, 1.54) is 35.6 Å². The van der Waals surface area contributed by atoms with Crippen molar-refractivity contribution in [1.29, 1.82) is 0 Å². The Bertz CT molecular complexity index is 528. The zero-order chi connectivity index (χ0) is 11.7. The number of hydrogen-bond donors (Lipinski definition) is 0. The van der Waals surface area contributed by atoms with Gasteiger partial charge in [-0.1, -0.05) is 6.07 Å². The van der Waals surface area contributed by atoms with Crippen molar-refractivity contribution < 1.29 is 4.79 Å². The number of ketones is 1. The Hall–Kier alpha value is -1.42. The molecule has 0 aromatic carbocycles. The minimum absolute atomic E-state index is 0.186. The van der Waals surface area contributed by atoms with Gasteiger partial charge in [-0.15, -0.1) is 11.3 Å². The molecule has 0 atom stereocenters. The van der Waals surface area contributed by atoms with Gasteiger partial charge in [0.25, 0.3) is 0 Å². The monoisotopic (exact) mass is 246 g/mol. The molecule has 4 heteroatoms. The summed E-state index contributed by atoms with van der Waals surface area (Å²) in [6.45, 7) is 0.433. The third-order valence-electron chi connectivity index (χ3n) is 3.22. The Morgan fingerprint density at radius 2 is 2.29 bits per heavy atom. The molecule has 0 N–H and O–H groups in total. The van der Waals surface area contributed by atoms with Gasteiger partial charge in [-0.2, -0.15) is 0 Å². The topological polar surface area (TPSA) is 34.9 Å². The van der Waals surface area contributed by atoms with Crippen LogP contribution >= 0.6 is 11.3 Å². The van der Waals surface area contributed by atoms with E-state index < -0.39 is 0 Å². The quantitative estimate of drug-likeness (QED) is 0.780. The van der Waals surface area contributed by atoms with E-state index in [2.05, 4.69) is 4.98 Å². The molecule has 0 saturated carbocycles. The van der Waals surface area contributed by atoms with Crippen LogP contribution in [0, 0.1) is 0 Å². The zero-order valence-corrected chi connectivity index (χ0v) is 10.4. The SMILES string of the molecule is O=C(Cn1cnc2c1CCCC2)c1cccs1. The lowest BCUT2D eigenvalue weighted by molar-refractivity contribution is 0.0975. The molecule has 0 amide bonds. The third kappa shape index (κ3) is 2.05. The summed E-state index contributed by atoms with van der Waals surface area (Å²) < 4.78 is 2.02. The van der Waals surface area contributed by atoms with E-state index in [1.807, 2.05) is 28.4 Å². The van der Waals surface area contributed by atoms with E-state index >= 15 is 0 Å². The number of carbonyl (C=O) groups is 1. The highest BCUT2D eigenvalue weighted by Crippen LogP contribution is 2.20. The number of aromatic nitrogens is 2. The summed E-state index contributed by atoms with van der Waals surface area (Å²) in [5, 5.41) is 1.94. The molecule has 2 heterocycles. The number of nitrogens with zero attached hydrogens (tertiary/aromatic N) is 2. The van der Waals surface area contributed by atoms with E-state index in [0.29, 0.717) is 6.54 Å². The number of imidazole rings is 1. The van der Waals surface area contributed by atoms with Gasteiger partial charge in [-0.25, -0.2) is 4.98 Å². The van der Waals surface area contributed by atoms with Crippen molar-refractivity contribution in [2.45, 2.75) is 32.2 Å². The molecular weight excluding hydrogens is 232 g/mol. The molecule has 3 rings (SSSR count). The summed E-state index contributed by atoms with van der Waals surface area (Å²) in [7, 11) is 0. The van der Waals surface area contributed by atoms with E-state index in [4.69, 9.17) is 0 Å². The molecule has 0 bridgehead atoms. The molecule has 1 aliphatic carbocycles. The number of carbonyl (C=O) groups excluding carboxylic acids is 1. The van der Waals surface area contributed by atoms with Gasteiger partial charge >= 0.3 is 0 Å². The summed E-state index contributed by atoms with van der Waals surface area (Å²) in [6.07, 6.45) is 6.39. The molecular formula is C13H14N2OS. The highest BCUT2D eigenvalue weighted by molar-refractivity contribution is 7.12. The number of hydrogen-bond acceptors (Lipinski definition) is 3. The van der Waals surface area contributed by atoms with Crippen LogP contribution in [0.25, 0.3) is 0 Å². The van der Waals surface area contributed by atoms with Gasteiger partial charge in [-0.3, -0.25) is 4.79 Å². The molecule has 0 unspecified atom stereocenters. The molecule has 3 nitrogen and oxygen atoms in total. The fraction of sp³-hybridized carbons (Fsp3) is 0.385. The first-order valence-corrected chi connectivity index (χ1v) is 6.82. The molecule has 0 fully saturated rings. The third-order valence-corrected chi connectivity index (χ3v) is 4.13. The normalized spacial score (nSPS) is 14.6. The van der Waals surface area contributed by atoms with Gasteiger partial charge in [0.1, 0.15) is 0 Å². The average Bonchev–Trinajstić information content (AvgIpc) is 2.98. The van der Waals surface area contributed by atoms with E-state index in [0.717, 1.165) is 17.7 Å². The lowest BCUT2D eigenvalue weighted by Crippen LogP contribution is -2.13. The first-order chi connectivity index (χ1) is 8.34. The Labute approximate surface area is 104 Å². The molecule has 2 aromatic heterocycles. The van der Waals surface area contributed by atoms with Crippen molar-refractivity contribution >= 4 is 17.1 Å². The smallest absolute Gasteiger partial charge is 0.192 e. The largest absolute Gasteiger partial charge is 0.326 e. The Morgan fingerprint density at radius 3 is 3.12 bits per heavy atom. The van der Waals surface area contributed by atoms with Crippen molar-refractivity contribution in [1.82, 2.24) is 9.55 Å². The van der Waals surface area contributed by atoms with Crippen LogP contribution < -0.4 is 0 Å². The first-order valence-electron chi connectivity index (χ1n) is 5.94. The molecule has 0 aliphatic heterocycles. The maximum Gasteiger partial charge on any atom is 0.192 e. The molecule has 0 spiro atoms. The summed E-state index contributed by atoms with van der Waals surface area (Å²) in [4.78, 5) is 17.3. The van der Waals surface area contributed by atoms with Crippen molar-refractivity contribution in [3.05, 3.63) is 40.1 Å². The Kier molecular flexibility index (Phi) is 2.81. The standard InChI is InChI=1S/C13H14N2OS/c16-12(13-6-3-7-17-13)8-15-9-14-10-4-1-2-5-11(10)15/h3,6-7,9H,1-2,4-5,8H2. The van der Waals surface area contributed by atoms with Crippen LogP contribution in [-0.2, 0) is 19.4 Å². The van der Waals surface area contributed by atoms with E-state index in [1.54, 1.807) is 0 Å². The highest BCUT2D eigenvalue weighted by Gasteiger charge is 2.17. The van der Waals surface area contributed by atoms with Gasteiger partial charge in [0.2, 0.25) is 0 Å². The maximum atomic E-state index is 12.0. The number of thiophene rings is 1. The minimum atomic E-state index is 0.186. The van der Waals surface area contributed by atoms with Crippen molar-refractivity contribution in [2.75, 3.05) is 0 Å². The predicted octanol–water partition coefficient (Wildman–Crippen LogP) is 2.71. The molecule has 2 aromatic rings. The van der Waals surface area contributed by atoms with Gasteiger partial charge < -0.3 is 4.57 Å². The van der Waals surface area contributed by atoms with Crippen molar-refractivity contribution in [3.8, 4) is 0 Å². The summed E-state index contributed by atoms with van der Waals surface area (Å²) in [5.41, 5.74) is 2.45. The maximum absolute atomic E-state index is 12.0. The van der Waals surface area contributed by atoms with Gasteiger partial charge in [0.05, 0.1) is 23.4 Å². The molecule has 0 radical (unpaired) electrons. The molecule has 1 aliphatic rings. The van der Waals surface area contributed by atoms with E-state index in [-0.39, 0.29) is 5.78 Å². The van der Waals surface area contributed by atoms with Gasteiger partial charge in [0.15, 0.2) is 5.78 Å². The number of Topliss-reactive ketones (excluding diaryl/α,β-unsaturated/α-hetero) is 1. The van der Waals surface area contributed by atoms with Crippen LogP contribution in [0.2, 0.25) is 0 Å². The van der Waals surface area contributed by atoms with Crippen LogP contribution in [0.5, 0.6) is 0 Å². The predicted molar refractivity (Wildman–Crippen MR) is 67.5 cm³/mol. The summed E-state index contributed by atoms with van der Waals surface area (Å²) in [6, 6.07) is 3.80. The Morgan fingerprint density at radius 1 is 1.41 bits per heavy atom. The van der Waals surface area contributed by atoms with Crippen LogP contribution in [-0.4, -0.2) is 15.3 Å². The lowest BCUT2D eigenvalue weighted by atomic mass is 10.0. The fourth-order valence-electron chi connectivity index (χ4n) is 2.34. The van der Waals surface area contributed by atoms with Gasteiger partial charge in [0, 0.05) is 5.69 Å². The van der Waals surface area contributed by atoms with Crippen LogP contribution in [0.3, 0.4) is 0 Å². The molecule has 17 heavy (non-hydrogen) atoms. The van der Waals surface area contributed by atoms with Crippen LogP contribution in [0.4, 0.5) is 0 Å². The molecule has 0 saturated heterocycles. The molecule has 88 valence electrons. The Balaban J connectivity index is 1.81. The fourth-order valence-corrected chi connectivity index (χ4v) is 2.99. The van der Waals surface area contributed by atoms with Crippen LogP contribution in [0.15, 0.2) is 23.8 Å². The van der Waals surface area contributed by atoms with Crippen molar-refractivity contribution in [2.24, 2.45) is 0 Å². The summed E-state index contributed by atoms with van der Waals surface area (Å²) >= 11 is 1.51. The number of rotatable bonds is 3. The zero-order valence-electron chi connectivity index (χ0n) is 9.56. The van der Waals surface area contributed by atoms with Crippen molar-refractivity contribution in [3.63, 3.8) is 0 Å². The van der Waals surface area contributed by atoms with Crippen LogP contribution in [0.1, 0.15) is 33.9 Å². The average molecular weight is 246 g/mol. The second-order valence-electron chi connectivity index (χ2n) is 4.37. The second kappa shape index (κ2) is 4.45. The highest BCUT2D eigenvalue weighted by atomic mass is 32.1. The van der Waals surface area contributed by atoms with E-state index in [9.17, 15) is 4.79 Å². The second-order valence-corrected chi connectivity index (χ2v) is 5.32. The van der Waals surface area contributed by atoms with Gasteiger partial charge in [-0.05, 0) is 37.1 Å². The summed E-state index contributed by atoms with van der Waals surface area (Å²) in [5.74, 6) is 0.186. The lowest BCUT2D eigenvalue weighted by Gasteiger charge is -2.13. The number of fused-ring (bicyclic) bond motifs is 1. The first kappa shape index (κ1) is 10.7. The number of aryl methyl sites for hydroxylation is 1.